The van der Waals surface area contributed by atoms with E-state index in [-0.39, 0.29) is 5.56 Å². The van der Waals surface area contributed by atoms with Gasteiger partial charge >= 0.3 is 5.97 Å². The second-order valence-electron chi connectivity index (χ2n) is 5.11. The minimum Gasteiger partial charge on any atom is -0.480 e. The Morgan fingerprint density at radius 1 is 1.35 bits per heavy atom. The molecule has 1 aromatic carbocycles. The molecule has 0 spiro atoms. The zero-order valence-corrected chi connectivity index (χ0v) is 11.0. The second kappa shape index (κ2) is 5.19. The zero-order chi connectivity index (χ0) is 14.9. The van der Waals surface area contributed by atoms with Crippen molar-refractivity contribution in [3.05, 3.63) is 35.4 Å². The monoisotopic (exact) mass is 283 g/mol. The topological polar surface area (TPSA) is 57.6 Å². The van der Waals surface area contributed by atoms with Gasteiger partial charge in [-0.25, -0.2) is 8.78 Å². The molecule has 4 nitrogen and oxygen atoms in total. The van der Waals surface area contributed by atoms with E-state index in [0.717, 1.165) is 23.5 Å². The summed E-state index contributed by atoms with van der Waals surface area (Å²) in [4.78, 5) is 24.2. The number of carbonyl (C=O) groups excluding carboxylic acids is 1. The van der Waals surface area contributed by atoms with Crippen LogP contribution in [0.3, 0.4) is 0 Å². The summed E-state index contributed by atoms with van der Waals surface area (Å²) in [5.41, 5.74) is -0.908. The predicted octanol–water partition coefficient (Wildman–Crippen LogP) is 1.93. The van der Waals surface area contributed by atoms with Crippen molar-refractivity contribution in [3.63, 3.8) is 0 Å². The molecule has 1 amide bonds. The molecule has 0 heterocycles. The first-order valence-electron chi connectivity index (χ1n) is 6.30. The van der Waals surface area contributed by atoms with Gasteiger partial charge < -0.3 is 10.0 Å². The highest BCUT2D eigenvalue weighted by Crippen LogP contribution is 2.46. The third-order valence-corrected chi connectivity index (χ3v) is 3.78. The fourth-order valence-electron chi connectivity index (χ4n) is 2.65. The van der Waals surface area contributed by atoms with Crippen LogP contribution in [0.4, 0.5) is 8.78 Å². The number of hydrogen-bond acceptors (Lipinski definition) is 2. The molecule has 1 fully saturated rings. The molecule has 0 unspecified atom stereocenters. The lowest BCUT2D eigenvalue weighted by Crippen LogP contribution is -2.51. The van der Waals surface area contributed by atoms with Crippen LogP contribution in [0, 0.1) is 11.6 Å². The van der Waals surface area contributed by atoms with Gasteiger partial charge in [0.15, 0.2) is 0 Å². The summed E-state index contributed by atoms with van der Waals surface area (Å²) in [7, 11) is 1.37. The Kier molecular flexibility index (Phi) is 3.74. The number of rotatable bonds is 4. The summed E-state index contributed by atoms with van der Waals surface area (Å²) in [6.07, 6.45) is 1.64. The molecule has 20 heavy (non-hydrogen) atoms. The molecular formula is C14H15F2NO3. The van der Waals surface area contributed by atoms with Gasteiger partial charge in [0, 0.05) is 18.7 Å². The van der Waals surface area contributed by atoms with Crippen molar-refractivity contribution >= 4 is 11.9 Å². The normalized spacial score (nSPS) is 16.4. The molecule has 108 valence electrons. The number of amides is 1. The van der Waals surface area contributed by atoms with E-state index in [9.17, 15) is 18.4 Å². The summed E-state index contributed by atoms with van der Waals surface area (Å²) < 4.78 is 26.9. The number of likely N-dealkylation sites (N-methyl/N-ethyl adjacent to an activating group) is 1. The Morgan fingerprint density at radius 2 is 2.00 bits per heavy atom. The van der Waals surface area contributed by atoms with Gasteiger partial charge in [-0.3, -0.25) is 9.59 Å². The smallest absolute Gasteiger partial charge is 0.323 e. The first kappa shape index (κ1) is 14.4. The average molecular weight is 283 g/mol. The number of carbonyl (C=O) groups is 2. The van der Waals surface area contributed by atoms with E-state index >= 15 is 0 Å². The Hall–Kier alpha value is -1.98. The van der Waals surface area contributed by atoms with Crippen molar-refractivity contribution in [1.82, 2.24) is 4.90 Å². The standard InChI is InChI=1S/C14H15F2NO3/c1-17(8-12(18)19)13(20)14(5-2-6-14)10-4-3-9(15)7-11(10)16/h3-4,7H,2,5-6,8H2,1H3,(H,18,19). The number of nitrogens with zero attached hydrogens (tertiary/aromatic N) is 1. The Balaban J connectivity index is 2.34. The Bertz CT molecular complexity index is 555. The molecule has 0 aliphatic heterocycles. The zero-order valence-electron chi connectivity index (χ0n) is 11.0. The van der Waals surface area contributed by atoms with Gasteiger partial charge in [-0.1, -0.05) is 12.5 Å². The molecule has 2 rings (SSSR count). The van der Waals surface area contributed by atoms with Gasteiger partial charge in [0.1, 0.15) is 18.2 Å². The SMILES string of the molecule is CN(CC(=O)O)C(=O)C1(c2ccc(F)cc2F)CCC1. The van der Waals surface area contributed by atoms with E-state index in [1.54, 1.807) is 0 Å². The van der Waals surface area contributed by atoms with Crippen LogP contribution in [0.1, 0.15) is 24.8 Å². The number of halogens is 2. The van der Waals surface area contributed by atoms with E-state index < -0.39 is 35.5 Å². The lowest BCUT2D eigenvalue weighted by molar-refractivity contribution is -0.148. The maximum absolute atomic E-state index is 13.9. The molecular weight excluding hydrogens is 268 g/mol. The van der Waals surface area contributed by atoms with Crippen molar-refractivity contribution in [3.8, 4) is 0 Å². The van der Waals surface area contributed by atoms with Crippen LogP contribution in [0.25, 0.3) is 0 Å². The van der Waals surface area contributed by atoms with Crippen LogP contribution in [0.5, 0.6) is 0 Å². The van der Waals surface area contributed by atoms with Gasteiger partial charge in [-0.05, 0) is 18.9 Å². The molecule has 1 saturated carbocycles. The summed E-state index contributed by atoms with van der Waals surface area (Å²) in [5, 5.41) is 8.73. The molecule has 6 heteroatoms. The molecule has 1 aromatic rings. The lowest BCUT2D eigenvalue weighted by Gasteiger charge is -2.42. The van der Waals surface area contributed by atoms with Gasteiger partial charge in [0.2, 0.25) is 5.91 Å². The highest BCUT2D eigenvalue weighted by atomic mass is 19.1. The largest absolute Gasteiger partial charge is 0.480 e. The third kappa shape index (κ3) is 2.37. The Morgan fingerprint density at radius 3 is 2.45 bits per heavy atom. The highest BCUT2D eigenvalue weighted by Gasteiger charge is 2.48. The van der Waals surface area contributed by atoms with Crippen LogP contribution in [-0.4, -0.2) is 35.5 Å². The van der Waals surface area contributed by atoms with Gasteiger partial charge in [0.05, 0.1) is 5.41 Å². The maximum Gasteiger partial charge on any atom is 0.323 e. The van der Waals surface area contributed by atoms with Gasteiger partial charge in [-0.2, -0.15) is 0 Å². The number of carboxylic acids is 1. The number of carboxylic acid groups (broad SMARTS) is 1. The molecule has 0 radical (unpaired) electrons. The second-order valence-corrected chi connectivity index (χ2v) is 5.11. The van der Waals surface area contributed by atoms with Crippen molar-refractivity contribution in [2.75, 3.05) is 13.6 Å². The van der Waals surface area contributed by atoms with E-state index in [0.29, 0.717) is 12.8 Å². The van der Waals surface area contributed by atoms with Crippen LogP contribution in [-0.2, 0) is 15.0 Å². The van der Waals surface area contributed by atoms with E-state index in [1.165, 1.54) is 13.1 Å². The summed E-state index contributed by atoms with van der Waals surface area (Å²) in [6, 6.07) is 3.14. The quantitative estimate of drug-likeness (QED) is 0.918. The lowest BCUT2D eigenvalue weighted by atomic mass is 9.63. The van der Waals surface area contributed by atoms with E-state index in [1.807, 2.05) is 0 Å². The Labute approximate surface area is 115 Å². The van der Waals surface area contributed by atoms with Gasteiger partial charge in [-0.15, -0.1) is 0 Å². The van der Waals surface area contributed by atoms with Crippen molar-refractivity contribution in [1.29, 1.82) is 0 Å². The minimum atomic E-state index is -1.13. The number of benzene rings is 1. The highest BCUT2D eigenvalue weighted by molar-refractivity contribution is 5.91. The number of hydrogen-bond donors (Lipinski definition) is 1. The van der Waals surface area contributed by atoms with Crippen LogP contribution in [0.15, 0.2) is 18.2 Å². The van der Waals surface area contributed by atoms with Crippen molar-refractivity contribution < 1.29 is 23.5 Å². The summed E-state index contributed by atoms with van der Waals surface area (Å²) in [5.74, 6) is -3.03. The van der Waals surface area contributed by atoms with Crippen LogP contribution >= 0.6 is 0 Å². The molecule has 0 atom stereocenters. The fourth-order valence-corrected chi connectivity index (χ4v) is 2.65. The molecule has 0 aromatic heterocycles. The molecule has 0 saturated heterocycles. The summed E-state index contributed by atoms with van der Waals surface area (Å²) >= 11 is 0. The van der Waals surface area contributed by atoms with E-state index in [4.69, 9.17) is 5.11 Å². The first-order chi connectivity index (χ1) is 9.36. The van der Waals surface area contributed by atoms with Crippen molar-refractivity contribution in [2.45, 2.75) is 24.7 Å². The van der Waals surface area contributed by atoms with Crippen LogP contribution < -0.4 is 0 Å². The van der Waals surface area contributed by atoms with Crippen LogP contribution in [0.2, 0.25) is 0 Å². The van der Waals surface area contributed by atoms with E-state index in [2.05, 4.69) is 0 Å². The molecule has 0 bridgehead atoms. The fraction of sp³-hybridized carbons (Fsp3) is 0.429. The first-order valence-corrected chi connectivity index (χ1v) is 6.30. The van der Waals surface area contributed by atoms with Gasteiger partial charge in [0.25, 0.3) is 0 Å². The minimum absolute atomic E-state index is 0.146. The summed E-state index contributed by atoms with van der Waals surface area (Å²) in [6.45, 7) is -0.441. The van der Waals surface area contributed by atoms with Crippen molar-refractivity contribution in [2.24, 2.45) is 0 Å². The maximum atomic E-state index is 13.9. The molecule has 1 aliphatic rings. The predicted molar refractivity (Wildman–Crippen MR) is 67.2 cm³/mol. The molecule has 1 N–H and O–H groups in total. The molecule has 1 aliphatic carbocycles. The number of aliphatic carboxylic acids is 1. The third-order valence-electron chi connectivity index (χ3n) is 3.78. The average Bonchev–Trinajstić information content (AvgIpc) is 2.29.